The zero-order chi connectivity index (χ0) is 28.2. The van der Waals surface area contributed by atoms with Crippen LogP contribution in [0.2, 0.25) is 0 Å². The SMILES string of the molecule is CCN(Cc1ccccc1)c1ccc(C2=C([O-])/C(=C3/C=CC(=[N+](CC)Cc4ccccc4)C=C3C)C2=O)c(C)c1. The van der Waals surface area contributed by atoms with Gasteiger partial charge in [-0.25, -0.2) is 4.58 Å². The lowest BCUT2D eigenvalue weighted by Crippen LogP contribution is -2.31. The predicted molar refractivity (Wildman–Crippen MR) is 162 cm³/mol. The maximum absolute atomic E-state index is 13.4. The summed E-state index contributed by atoms with van der Waals surface area (Å²) in [6, 6.07) is 26.8. The van der Waals surface area contributed by atoms with Gasteiger partial charge < -0.3 is 10.0 Å². The molecule has 0 radical (unpaired) electrons. The Morgan fingerprint density at radius 2 is 1.50 bits per heavy atom. The van der Waals surface area contributed by atoms with Crippen molar-refractivity contribution in [3.05, 3.63) is 142 Å². The number of allylic oxidation sites excluding steroid dienone is 7. The Balaban J connectivity index is 1.41. The summed E-state index contributed by atoms with van der Waals surface area (Å²) >= 11 is 0. The van der Waals surface area contributed by atoms with E-state index in [2.05, 4.69) is 84.0 Å². The molecule has 202 valence electrons. The van der Waals surface area contributed by atoms with Crippen molar-refractivity contribution in [3.63, 3.8) is 0 Å². The topological polar surface area (TPSA) is 46.4 Å². The molecule has 2 aliphatic carbocycles. The van der Waals surface area contributed by atoms with Gasteiger partial charge in [0, 0.05) is 47.6 Å². The fourth-order valence-corrected chi connectivity index (χ4v) is 5.51. The number of carbonyl (C=O) groups excluding carboxylic acids is 1. The highest BCUT2D eigenvalue weighted by Crippen LogP contribution is 2.40. The smallest absolute Gasteiger partial charge is 0.200 e. The van der Waals surface area contributed by atoms with Crippen molar-refractivity contribution in [1.82, 2.24) is 0 Å². The molecule has 4 nitrogen and oxygen atoms in total. The third kappa shape index (κ3) is 5.35. The number of anilines is 1. The Kier molecular flexibility index (Phi) is 7.97. The van der Waals surface area contributed by atoms with Crippen molar-refractivity contribution in [2.75, 3.05) is 18.0 Å². The molecule has 0 aromatic heterocycles. The molecule has 0 N–H and O–H groups in total. The van der Waals surface area contributed by atoms with Crippen LogP contribution in [0.3, 0.4) is 0 Å². The van der Waals surface area contributed by atoms with Crippen molar-refractivity contribution in [2.45, 2.75) is 40.8 Å². The molecule has 40 heavy (non-hydrogen) atoms. The molecule has 0 saturated carbocycles. The molecule has 2 aliphatic rings. The molecular formula is C36H36N2O2. The second-order valence-electron chi connectivity index (χ2n) is 10.4. The van der Waals surface area contributed by atoms with Crippen LogP contribution >= 0.6 is 0 Å². The first-order chi connectivity index (χ1) is 19.4. The van der Waals surface area contributed by atoms with E-state index in [0.717, 1.165) is 59.9 Å². The van der Waals surface area contributed by atoms with E-state index in [1.165, 1.54) is 11.1 Å². The summed E-state index contributed by atoms with van der Waals surface area (Å²) in [5.74, 6) is -0.324. The van der Waals surface area contributed by atoms with Crippen LogP contribution in [0, 0.1) is 6.92 Å². The summed E-state index contributed by atoms with van der Waals surface area (Å²) in [5.41, 5.74) is 8.58. The van der Waals surface area contributed by atoms with E-state index in [1.807, 2.05) is 50.3 Å². The van der Waals surface area contributed by atoms with Gasteiger partial charge in [0.25, 0.3) is 0 Å². The minimum atomic E-state index is -0.162. The number of ketones is 1. The molecule has 0 amide bonds. The molecule has 0 saturated heterocycles. The van der Waals surface area contributed by atoms with E-state index < -0.39 is 0 Å². The van der Waals surface area contributed by atoms with E-state index in [1.54, 1.807) is 0 Å². The van der Waals surface area contributed by atoms with Gasteiger partial charge in [-0.15, -0.1) is 0 Å². The zero-order valence-corrected chi connectivity index (χ0v) is 23.8. The van der Waals surface area contributed by atoms with Crippen LogP contribution in [0.25, 0.3) is 5.57 Å². The molecular weight excluding hydrogens is 492 g/mol. The van der Waals surface area contributed by atoms with Gasteiger partial charge in [-0.3, -0.25) is 4.79 Å². The van der Waals surface area contributed by atoms with E-state index >= 15 is 0 Å². The van der Waals surface area contributed by atoms with E-state index in [-0.39, 0.29) is 11.5 Å². The monoisotopic (exact) mass is 528 g/mol. The van der Waals surface area contributed by atoms with Crippen molar-refractivity contribution in [2.24, 2.45) is 0 Å². The van der Waals surface area contributed by atoms with Gasteiger partial charge in [-0.05, 0) is 73.7 Å². The van der Waals surface area contributed by atoms with Crippen molar-refractivity contribution in [1.29, 1.82) is 0 Å². The lowest BCUT2D eigenvalue weighted by Gasteiger charge is -2.34. The second-order valence-corrected chi connectivity index (χ2v) is 10.4. The molecule has 0 atom stereocenters. The lowest BCUT2D eigenvalue weighted by molar-refractivity contribution is -0.539. The number of Topliss-reactive ketones (excluding diaryl/α,β-unsaturated/α-hetero) is 1. The molecule has 0 spiro atoms. The first-order valence-corrected chi connectivity index (χ1v) is 14.0. The quantitative estimate of drug-likeness (QED) is 0.260. The van der Waals surface area contributed by atoms with Gasteiger partial charge in [0.2, 0.25) is 0 Å². The highest BCUT2D eigenvalue weighted by Gasteiger charge is 2.32. The van der Waals surface area contributed by atoms with Crippen molar-refractivity contribution in [3.8, 4) is 0 Å². The number of rotatable bonds is 8. The molecule has 0 aliphatic heterocycles. The molecule has 3 aromatic carbocycles. The largest absolute Gasteiger partial charge is 0.871 e. The summed E-state index contributed by atoms with van der Waals surface area (Å²) in [4.78, 5) is 15.7. The molecule has 4 heteroatoms. The number of benzene rings is 3. The number of carbonyl (C=O) groups is 1. The maximum Gasteiger partial charge on any atom is 0.200 e. The third-order valence-electron chi connectivity index (χ3n) is 7.79. The second kappa shape index (κ2) is 11.7. The maximum atomic E-state index is 13.4. The zero-order valence-electron chi connectivity index (χ0n) is 23.8. The van der Waals surface area contributed by atoms with Crippen LogP contribution < -0.4 is 10.0 Å². The summed E-state index contributed by atoms with van der Waals surface area (Å²) in [6.07, 6.45) is 6.03. The van der Waals surface area contributed by atoms with Gasteiger partial charge in [0.15, 0.2) is 18.0 Å². The van der Waals surface area contributed by atoms with Gasteiger partial charge in [0.1, 0.15) is 6.54 Å². The Morgan fingerprint density at radius 3 is 2.08 bits per heavy atom. The molecule has 0 unspecified atom stereocenters. The molecule has 0 bridgehead atoms. The average Bonchev–Trinajstić information content (AvgIpc) is 2.98. The Morgan fingerprint density at radius 1 is 0.825 bits per heavy atom. The highest BCUT2D eigenvalue weighted by molar-refractivity contribution is 6.39. The van der Waals surface area contributed by atoms with Crippen LogP contribution in [-0.2, 0) is 17.9 Å². The van der Waals surface area contributed by atoms with Gasteiger partial charge in [-0.2, -0.15) is 0 Å². The Bertz CT molecular complexity index is 1590. The van der Waals surface area contributed by atoms with Crippen LogP contribution in [0.4, 0.5) is 5.69 Å². The Labute approximate surface area is 237 Å². The fraction of sp³-hybridized carbons (Fsp3) is 0.222. The van der Waals surface area contributed by atoms with E-state index in [0.29, 0.717) is 11.1 Å². The van der Waals surface area contributed by atoms with E-state index in [9.17, 15) is 9.90 Å². The number of nitrogens with zero attached hydrogens (tertiary/aromatic N) is 2. The molecule has 3 aromatic rings. The van der Waals surface area contributed by atoms with Crippen LogP contribution in [-0.4, -0.2) is 29.2 Å². The Hall–Kier alpha value is -4.44. The number of hydrogen-bond donors (Lipinski definition) is 0. The third-order valence-corrected chi connectivity index (χ3v) is 7.79. The highest BCUT2D eigenvalue weighted by atomic mass is 16.3. The normalized spacial score (nSPS) is 18.0. The fourth-order valence-electron chi connectivity index (χ4n) is 5.51. The van der Waals surface area contributed by atoms with Gasteiger partial charge in [0.05, 0.1) is 0 Å². The average molecular weight is 529 g/mol. The summed E-state index contributed by atoms with van der Waals surface area (Å²) in [5, 5.41) is 13.4. The number of hydrogen-bond acceptors (Lipinski definition) is 3. The van der Waals surface area contributed by atoms with Crippen molar-refractivity contribution < 1.29 is 14.5 Å². The minimum Gasteiger partial charge on any atom is -0.871 e. The summed E-state index contributed by atoms with van der Waals surface area (Å²) in [6.45, 7) is 11.6. The van der Waals surface area contributed by atoms with Gasteiger partial charge in [-0.1, -0.05) is 72.5 Å². The van der Waals surface area contributed by atoms with Crippen molar-refractivity contribution >= 4 is 22.8 Å². The summed E-state index contributed by atoms with van der Waals surface area (Å²) < 4.78 is 2.29. The van der Waals surface area contributed by atoms with E-state index in [4.69, 9.17) is 0 Å². The van der Waals surface area contributed by atoms with Crippen LogP contribution in [0.15, 0.2) is 120 Å². The predicted octanol–water partition coefficient (Wildman–Crippen LogP) is 6.16. The van der Waals surface area contributed by atoms with Crippen LogP contribution in [0.1, 0.15) is 43.0 Å². The van der Waals surface area contributed by atoms with Gasteiger partial charge >= 0.3 is 0 Å². The minimum absolute atomic E-state index is 0.162. The molecule has 0 fully saturated rings. The molecule has 5 rings (SSSR count). The van der Waals surface area contributed by atoms with Crippen LogP contribution in [0.5, 0.6) is 0 Å². The first kappa shape index (κ1) is 27.1. The first-order valence-electron chi connectivity index (χ1n) is 14.0. The molecule has 0 heterocycles. The number of aryl methyl sites for hydroxylation is 1. The summed E-state index contributed by atoms with van der Waals surface area (Å²) in [7, 11) is 0. The lowest BCUT2D eigenvalue weighted by atomic mass is 9.77. The standard InChI is InChI=1S/C36H36N2O2/c1-5-37(23-27-13-9-7-10-14-27)29-17-19-31(25(3)21-29)33-35(39)34(36(33)40)32-20-18-30(22-26(32)4)38(6-2)24-28-15-11-8-12-16-28/h7-22H,5-6,23-24H2,1-4H3.